The summed E-state index contributed by atoms with van der Waals surface area (Å²) in [5.41, 5.74) is 8.18. The second-order valence-corrected chi connectivity index (χ2v) is 4.90. The fourth-order valence-electron chi connectivity index (χ4n) is 1.89. The summed E-state index contributed by atoms with van der Waals surface area (Å²) in [5.74, 6) is 5.51. The van der Waals surface area contributed by atoms with Gasteiger partial charge in [-0.05, 0) is 36.8 Å². The van der Waals surface area contributed by atoms with Crippen molar-refractivity contribution >= 4 is 23.2 Å². The first kappa shape index (κ1) is 15.1. The van der Waals surface area contributed by atoms with Crippen LogP contribution in [0.3, 0.4) is 0 Å². The van der Waals surface area contributed by atoms with E-state index in [-0.39, 0.29) is 12.5 Å². The van der Waals surface area contributed by atoms with Crippen molar-refractivity contribution in [3.05, 3.63) is 64.2 Å². The largest absolute Gasteiger partial charge is 0.321 e. The number of carbonyl (C=O) groups is 1. The second kappa shape index (κ2) is 6.94. The van der Waals surface area contributed by atoms with Gasteiger partial charge in [-0.15, -0.1) is 0 Å². The first-order valence-corrected chi connectivity index (χ1v) is 6.85. The second-order valence-electron chi connectivity index (χ2n) is 4.46. The monoisotopic (exact) mass is 298 g/mol. The van der Waals surface area contributed by atoms with E-state index in [9.17, 15) is 4.79 Å². The number of anilines is 1. The predicted molar refractivity (Wildman–Crippen MR) is 86.5 cm³/mol. The maximum Gasteiger partial charge on any atom is 0.255 e. The Labute approximate surface area is 129 Å². The third-order valence-electron chi connectivity index (χ3n) is 2.94. The molecule has 106 valence electrons. The van der Waals surface area contributed by atoms with Crippen molar-refractivity contribution in [2.45, 2.75) is 6.92 Å². The molecule has 2 aromatic carbocycles. The number of hydrogen-bond donors (Lipinski definition) is 2. The summed E-state index contributed by atoms with van der Waals surface area (Å²) in [6.45, 7) is 2.15. The molecule has 3 N–H and O–H groups in total. The number of aryl methyl sites for hydroxylation is 1. The lowest BCUT2D eigenvalue weighted by atomic mass is 10.1. The number of hydrogen-bond acceptors (Lipinski definition) is 2. The van der Waals surface area contributed by atoms with E-state index in [0.717, 1.165) is 5.56 Å². The lowest BCUT2D eigenvalue weighted by molar-refractivity contribution is 0.102. The Balaban J connectivity index is 2.33. The van der Waals surface area contributed by atoms with Crippen LogP contribution in [0.15, 0.2) is 42.5 Å². The number of halogens is 1. The molecule has 0 saturated heterocycles. The van der Waals surface area contributed by atoms with Crippen LogP contribution in [-0.4, -0.2) is 12.5 Å². The van der Waals surface area contributed by atoms with Crippen LogP contribution in [0.2, 0.25) is 5.02 Å². The maximum atomic E-state index is 12.3. The van der Waals surface area contributed by atoms with Gasteiger partial charge in [-0.25, -0.2) is 0 Å². The fraction of sp³-hybridized carbons (Fsp3) is 0.118. The minimum atomic E-state index is -0.189. The highest BCUT2D eigenvalue weighted by Gasteiger charge is 2.10. The number of nitrogens with two attached hydrogens (primary N) is 1. The third-order valence-corrected chi connectivity index (χ3v) is 3.18. The molecule has 0 unspecified atom stereocenters. The Kier molecular flexibility index (Phi) is 4.99. The van der Waals surface area contributed by atoms with Crippen LogP contribution in [0.25, 0.3) is 0 Å². The van der Waals surface area contributed by atoms with Gasteiger partial charge in [0.1, 0.15) is 0 Å². The molecule has 4 heteroatoms. The van der Waals surface area contributed by atoms with Crippen molar-refractivity contribution in [3.8, 4) is 11.8 Å². The smallest absolute Gasteiger partial charge is 0.255 e. The van der Waals surface area contributed by atoms with E-state index in [0.29, 0.717) is 21.8 Å². The van der Waals surface area contributed by atoms with Crippen molar-refractivity contribution in [2.24, 2.45) is 5.73 Å². The van der Waals surface area contributed by atoms with Crippen LogP contribution < -0.4 is 11.1 Å². The molecule has 0 aliphatic carbocycles. The van der Waals surface area contributed by atoms with E-state index in [4.69, 9.17) is 17.3 Å². The molecular formula is C17H15ClN2O. The first-order valence-electron chi connectivity index (χ1n) is 6.47. The molecule has 1 amide bonds. The first-order chi connectivity index (χ1) is 10.1. The van der Waals surface area contributed by atoms with Crippen LogP contribution in [0.4, 0.5) is 5.69 Å². The van der Waals surface area contributed by atoms with Gasteiger partial charge < -0.3 is 11.1 Å². The Bertz CT molecular complexity index is 729. The molecule has 0 heterocycles. The molecule has 0 aromatic heterocycles. The van der Waals surface area contributed by atoms with Crippen molar-refractivity contribution in [3.63, 3.8) is 0 Å². The highest BCUT2D eigenvalue weighted by molar-refractivity contribution is 6.31. The topological polar surface area (TPSA) is 55.1 Å². The third kappa shape index (κ3) is 3.85. The van der Waals surface area contributed by atoms with Gasteiger partial charge >= 0.3 is 0 Å². The van der Waals surface area contributed by atoms with E-state index < -0.39 is 0 Å². The summed E-state index contributed by atoms with van der Waals surface area (Å²) in [4.78, 5) is 12.3. The molecule has 0 spiro atoms. The van der Waals surface area contributed by atoms with Gasteiger partial charge in [-0.2, -0.15) is 0 Å². The Morgan fingerprint density at radius 2 is 2.05 bits per heavy atom. The molecule has 0 fully saturated rings. The molecular weight excluding hydrogens is 284 g/mol. The average Bonchev–Trinajstić information content (AvgIpc) is 2.47. The quantitative estimate of drug-likeness (QED) is 0.837. The summed E-state index contributed by atoms with van der Waals surface area (Å²) in [6.07, 6.45) is 0. The lowest BCUT2D eigenvalue weighted by Crippen LogP contribution is -2.14. The number of amides is 1. The average molecular weight is 299 g/mol. The molecule has 0 aliphatic heterocycles. The van der Waals surface area contributed by atoms with E-state index in [1.54, 1.807) is 24.3 Å². The van der Waals surface area contributed by atoms with Crippen molar-refractivity contribution in [1.29, 1.82) is 0 Å². The number of rotatable bonds is 2. The summed E-state index contributed by atoms with van der Waals surface area (Å²) in [6, 6.07) is 12.6. The van der Waals surface area contributed by atoms with Gasteiger partial charge in [0, 0.05) is 16.1 Å². The number of benzene rings is 2. The zero-order valence-electron chi connectivity index (χ0n) is 11.6. The SMILES string of the molecule is Cc1ccccc1C(=O)Nc1cc(Cl)ccc1C#CCN. The zero-order valence-corrected chi connectivity index (χ0v) is 12.4. The van der Waals surface area contributed by atoms with Gasteiger partial charge in [0.05, 0.1) is 12.2 Å². The molecule has 2 aromatic rings. The van der Waals surface area contributed by atoms with Gasteiger partial charge in [0.25, 0.3) is 5.91 Å². The van der Waals surface area contributed by atoms with Gasteiger partial charge in [0.2, 0.25) is 0 Å². The Hall–Kier alpha value is -2.28. The standard InChI is InChI=1S/C17H15ClN2O/c1-12-5-2-3-7-15(12)17(21)20-16-11-14(18)9-8-13(16)6-4-10-19/h2-3,5,7-9,11H,10,19H2,1H3,(H,20,21). The Morgan fingerprint density at radius 3 is 2.76 bits per heavy atom. The fourth-order valence-corrected chi connectivity index (χ4v) is 2.06. The maximum absolute atomic E-state index is 12.3. The number of carbonyl (C=O) groups excluding carboxylic acids is 1. The normalized spacial score (nSPS) is 9.67. The Morgan fingerprint density at radius 1 is 1.29 bits per heavy atom. The zero-order chi connectivity index (χ0) is 15.2. The summed E-state index contributed by atoms with van der Waals surface area (Å²) < 4.78 is 0. The molecule has 0 bridgehead atoms. The van der Waals surface area contributed by atoms with Crippen LogP contribution in [-0.2, 0) is 0 Å². The van der Waals surface area contributed by atoms with E-state index >= 15 is 0 Å². The van der Waals surface area contributed by atoms with Crippen molar-refractivity contribution in [2.75, 3.05) is 11.9 Å². The molecule has 3 nitrogen and oxygen atoms in total. The molecule has 0 radical (unpaired) electrons. The minimum absolute atomic E-state index is 0.189. The lowest BCUT2D eigenvalue weighted by Gasteiger charge is -2.10. The van der Waals surface area contributed by atoms with Crippen LogP contribution in [0.5, 0.6) is 0 Å². The van der Waals surface area contributed by atoms with E-state index in [1.165, 1.54) is 0 Å². The summed E-state index contributed by atoms with van der Waals surface area (Å²) in [7, 11) is 0. The highest BCUT2D eigenvalue weighted by Crippen LogP contribution is 2.21. The van der Waals surface area contributed by atoms with E-state index in [1.807, 2.05) is 25.1 Å². The molecule has 0 atom stereocenters. The summed E-state index contributed by atoms with van der Waals surface area (Å²) in [5, 5.41) is 3.39. The van der Waals surface area contributed by atoms with Crippen molar-refractivity contribution in [1.82, 2.24) is 0 Å². The molecule has 2 rings (SSSR count). The van der Waals surface area contributed by atoms with E-state index in [2.05, 4.69) is 17.2 Å². The van der Waals surface area contributed by atoms with Gasteiger partial charge in [0.15, 0.2) is 0 Å². The van der Waals surface area contributed by atoms with Crippen LogP contribution >= 0.6 is 11.6 Å². The highest BCUT2D eigenvalue weighted by atomic mass is 35.5. The van der Waals surface area contributed by atoms with Crippen LogP contribution in [0.1, 0.15) is 21.5 Å². The molecule has 0 saturated carbocycles. The minimum Gasteiger partial charge on any atom is -0.321 e. The molecule has 21 heavy (non-hydrogen) atoms. The molecule has 0 aliphatic rings. The van der Waals surface area contributed by atoms with Gasteiger partial charge in [-0.1, -0.05) is 41.6 Å². The van der Waals surface area contributed by atoms with Crippen LogP contribution in [0, 0.1) is 18.8 Å². The van der Waals surface area contributed by atoms with Crippen molar-refractivity contribution < 1.29 is 4.79 Å². The number of nitrogens with one attached hydrogen (secondary N) is 1. The summed E-state index contributed by atoms with van der Waals surface area (Å²) >= 11 is 5.99. The predicted octanol–water partition coefficient (Wildman–Crippen LogP) is 3.21. The van der Waals surface area contributed by atoms with Gasteiger partial charge in [-0.3, -0.25) is 4.79 Å².